The van der Waals surface area contributed by atoms with Crippen molar-refractivity contribution in [3.05, 3.63) is 77.1 Å². The van der Waals surface area contributed by atoms with E-state index in [0.717, 1.165) is 28.4 Å². The van der Waals surface area contributed by atoms with Crippen molar-refractivity contribution in [2.45, 2.75) is 25.0 Å². The van der Waals surface area contributed by atoms with Crippen molar-refractivity contribution < 1.29 is 4.79 Å². The minimum atomic E-state index is -0.174. The van der Waals surface area contributed by atoms with Crippen LogP contribution in [0.3, 0.4) is 0 Å². The van der Waals surface area contributed by atoms with E-state index in [-0.39, 0.29) is 23.6 Å². The van der Waals surface area contributed by atoms with Gasteiger partial charge in [-0.05, 0) is 43.3 Å². The predicted molar refractivity (Wildman–Crippen MR) is 145 cm³/mol. The fourth-order valence-corrected chi connectivity index (χ4v) is 5.49. The number of aryl methyl sites for hydroxylation is 1. The van der Waals surface area contributed by atoms with Crippen LogP contribution in [0.15, 0.2) is 76.7 Å². The van der Waals surface area contributed by atoms with E-state index in [1.807, 2.05) is 48.5 Å². The molecule has 0 aliphatic rings. The highest BCUT2D eigenvalue weighted by Gasteiger charge is 2.18. The van der Waals surface area contributed by atoms with Crippen molar-refractivity contribution in [3.63, 3.8) is 0 Å². The van der Waals surface area contributed by atoms with Crippen LogP contribution in [0.25, 0.3) is 38.4 Å². The number of hydrogen-bond acceptors (Lipinski definition) is 5. The summed E-state index contributed by atoms with van der Waals surface area (Å²) in [6.07, 6.45) is 0.275. The number of rotatable bonds is 7. The Labute approximate surface area is 212 Å². The number of thioether (sulfide) groups is 1. The normalized spacial score (nSPS) is 11.2. The first-order chi connectivity index (χ1) is 17.5. The van der Waals surface area contributed by atoms with Gasteiger partial charge in [0.05, 0.1) is 34.8 Å². The van der Waals surface area contributed by atoms with Crippen LogP contribution < -0.4 is 5.56 Å². The first-order valence-electron chi connectivity index (χ1n) is 11.8. The van der Waals surface area contributed by atoms with Crippen molar-refractivity contribution in [2.24, 2.45) is 0 Å². The Morgan fingerprint density at radius 2 is 1.75 bits per heavy atom. The van der Waals surface area contributed by atoms with E-state index in [9.17, 15) is 9.59 Å². The highest BCUT2D eigenvalue weighted by atomic mass is 32.2. The average Bonchev–Trinajstić information content (AvgIpc) is 3.23. The Balaban J connectivity index is 1.65. The maximum Gasteiger partial charge on any atom is 0.266 e. The molecule has 7 nitrogen and oxygen atoms in total. The quantitative estimate of drug-likeness (QED) is 0.235. The lowest BCUT2D eigenvalue weighted by Gasteiger charge is -2.17. The van der Waals surface area contributed by atoms with Gasteiger partial charge >= 0.3 is 0 Å². The lowest BCUT2D eigenvalue weighted by atomic mass is 10.1. The first-order valence-corrected chi connectivity index (χ1v) is 12.8. The molecule has 3 aromatic carbocycles. The maximum absolute atomic E-state index is 13.7. The minimum absolute atomic E-state index is 0.115. The molecule has 8 heteroatoms. The van der Waals surface area contributed by atoms with Crippen LogP contribution in [0, 0.1) is 11.3 Å². The molecule has 0 spiro atoms. The fourth-order valence-electron chi connectivity index (χ4n) is 4.54. The molecule has 2 aromatic heterocycles. The molecule has 2 heterocycles. The Kier molecular flexibility index (Phi) is 6.49. The smallest absolute Gasteiger partial charge is 0.266 e. The Morgan fingerprint density at radius 3 is 2.53 bits per heavy atom. The highest BCUT2D eigenvalue weighted by Crippen LogP contribution is 2.31. The molecule has 0 unspecified atom stereocenters. The van der Waals surface area contributed by atoms with Crippen molar-refractivity contribution in [1.29, 1.82) is 5.26 Å². The zero-order valence-electron chi connectivity index (χ0n) is 20.1. The molecule has 0 atom stereocenters. The van der Waals surface area contributed by atoms with Gasteiger partial charge < -0.3 is 9.47 Å². The van der Waals surface area contributed by atoms with Gasteiger partial charge in [-0.25, -0.2) is 4.98 Å². The van der Waals surface area contributed by atoms with E-state index in [0.29, 0.717) is 28.3 Å². The molecule has 0 radical (unpaired) electrons. The fraction of sp³-hybridized carbons (Fsp3) is 0.214. The van der Waals surface area contributed by atoms with Crippen molar-refractivity contribution >= 4 is 50.4 Å². The molecule has 0 aliphatic carbocycles. The average molecular weight is 496 g/mol. The van der Waals surface area contributed by atoms with E-state index >= 15 is 0 Å². The van der Waals surface area contributed by atoms with E-state index in [1.54, 1.807) is 17.7 Å². The van der Waals surface area contributed by atoms with Crippen LogP contribution in [0.2, 0.25) is 0 Å². The molecule has 0 bridgehead atoms. The number of carbonyl (C=O) groups is 1. The molecule has 0 saturated carbocycles. The molecular weight excluding hydrogens is 470 g/mol. The third-order valence-electron chi connectivity index (χ3n) is 6.38. The van der Waals surface area contributed by atoms with E-state index < -0.39 is 0 Å². The van der Waals surface area contributed by atoms with E-state index in [1.165, 1.54) is 16.7 Å². The number of carbonyl (C=O) groups excluding carboxylic acids is 1. The highest BCUT2D eigenvalue weighted by molar-refractivity contribution is 7.99. The maximum atomic E-state index is 13.7. The van der Waals surface area contributed by atoms with Crippen molar-refractivity contribution in [3.8, 4) is 11.8 Å². The standard InChI is InChI=1S/C28H25N5O2S/c1-3-32-24-12-7-5-9-20(24)22-17-19(13-14-25(22)32)33-27(35)21-10-4-6-11-23(21)30-28(33)36-18-26(34)31(2)16-8-15-29/h4-7,9-14,17H,3,8,16,18H2,1-2H3. The Hall–Kier alpha value is -4.09. The zero-order valence-corrected chi connectivity index (χ0v) is 21.0. The van der Waals surface area contributed by atoms with Crippen LogP contribution >= 0.6 is 11.8 Å². The number of benzene rings is 3. The van der Waals surface area contributed by atoms with E-state index in [2.05, 4.69) is 29.7 Å². The van der Waals surface area contributed by atoms with Gasteiger partial charge in [-0.2, -0.15) is 5.26 Å². The Morgan fingerprint density at radius 1 is 1.03 bits per heavy atom. The summed E-state index contributed by atoms with van der Waals surface area (Å²) in [6, 6.07) is 23.6. The van der Waals surface area contributed by atoms with E-state index in [4.69, 9.17) is 10.2 Å². The van der Waals surface area contributed by atoms with Crippen molar-refractivity contribution in [1.82, 2.24) is 19.0 Å². The topological polar surface area (TPSA) is 83.9 Å². The number of para-hydroxylation sites is 2. The van der Waals surface area contributed by atoms with Crippen LogP contribution in [0.4, 0.5) is 0 Å². The summed E-state index contributed by atoms with van der Waals surface area (Å²) in [4.78, 5) is 32.7. The minimum Gasteiger partial charge on any atom is -0.344 e. The monoisotopic (exact) mass is 495 g/mol. The summed E-state index contributed by atoms with van der Waals surface area (Å²) in [5.41, 5.74) is 3.38. The number of nitrogens with zero attached hydrogens (tertiary/aromatic N) is 5. The zero-order chi connectivity index (χ0) is 25.2. The second-order valence-electron chi connectivity index (χ2n) is 8.53. The molecule has 0 fully saturated rings. The molecule has 0 aliphatic heterocycles. The van der Waals surface area contributed by atoms with Gasteiger partial charge in [0.1, 0.15) is 0 Å². The number of amides is 1. The van der Waals surface area contributed by atoms with Gasteiger partial charge in [0.2, 0.25) is 5.91 Å². The number of fused-ring (bicyclic) bond motifs is 4. The number of nitriles is 1. The second kappa shape index (κ2) is 9.88. The van der Waals surface area contributed by atoms with Gasteiger partial charge in [0.15, 0.2) is 5.16 Å². The lowest BCUT2D eigenvalue weighted by molar-refractivity contribution is -0.127. The summed E-state index contributed by atoms with van der Waals surface area (Å²) in [7, 11) is 1.68. The molecule has 36 heavy (non-hydrogen) atoms. The molecule has 0 saturated heterocycles. The summed E-state index contributed by atoms with van der Waals surface area (Å²) >= 11 is 1.23. The van der Waals surface area contributed by atoms with Gasteiger partial charge in [-0.1, -0.05) is 42.1 Å². The lowest BCUT2D eigenvalue weighted by Crippen LogP contribution is -2.29. The number of aromatic nitrogens is 3. The summed E-state index contributed by atoms with van der Waals surface area (Å²) in [6.45, 7) is 3.33. The predicted octanol–water partition coefficient (Wildman–Crippen LogP) is 4.98. The van der Waals surface area contributed by atoms with Crippen LogP contribution in [0.1, 0.15) is 13.3 Å². The van der Waals surface area contributed by atoms with Gasteiger partial charge in [0.25, 0.3) is 5.56 Å². The summed E-state index contributed by atoms with van der Waals surface area (Å²) < 4.78 is 3.87. The molecule has 5 rings (SSSR count). The molecular formula is C28H25N5O2S. The Bertz CT molecular complexity index is 1710. The van der Waals surface area contributed by atoms with Gasteiger partial charge in [-0.15, -0.1) is 0 Å². The first kappa shape index (κ1) is 23.6. The number of hydrogen-bond donors (Lipinski definition) is 0. The third kappa shape index (κ3) is 4.12. The largest absolute Gasteiger partial charge is 0.344 e. The van der Waals surface area contributed by atoms with Crippen LogP contribution in [0.5, 0.6) is 0 Å². The molecule has 180 valence electrons. The third-order valence-corrected chi connectivity index (χ3v) is 7.31. The SMILES string of the molecule is CCn1c2ccccc2c2cc(-n3c(SCC(=O)N(C)CCC#N)nc4ccccc4c3=O)ccc21. The summed E-state index contributed by atoms with van der Waals surface area (Å²) in [5, 5.41) is 12.0. The molecule has 1 amide bonds. The van der Waals surface area contributed by atoms with Crippen LogP contribution in [-0.4, -0.2) is 44.3 Å². The summed E-state index contributed by atoms with van der Waals surface area (Å²) in [5.74, 6) is -0.00457. The molecule has 0 N–H and O–H groups in total. The van der Waals surface area contributed by atoms with Gasteiger partial charge in [0, 0.05) is 41.9 Å². The van der Waals surface area contributed by atoms with Gasteiger partial charge in [-0.3, -0.25) is 14.2 Å². The van der Waals surface area contributed by atoms with Crippen LogP contribution in [-0.2, 0) is 11.3 Å². The molecule has 5 aromatic rings. The van der Waals surface area contributed by atoms with Crippen molar-refractivity contribution in [2.75, 3.05) is 19.3 Å². The second-order valence-corrected chi connectivity index (χ2v) is 9.47.